The molecule has 1 aliphatic rings. The van der Waals surface area contributed by atoms with Crippen molar-refractivity contribution in [2.75, 3.05) is 43.6 Å². The van der Waals surface area contributed by atoms with Crippen molar-refractivity contribution >= 4 is 11.6 Å². The number of likely N-dealkylation sites (N-methyl/N-ethyl adjacent to an activating group) is 1. The lowest BCUT2D eigenvalue weighted by Gasteiger charge is -2.18. The maximum atomic E-state index is 5.64. The van der Waals surface area contributed by atoms with Gasteiger partial charge in [-0.3, -0.25) is 0 Å². The highest BCUT2D eigenvalue weighted by Crippen LogP contribution is 2.28. The van der Waals surface area contributed by atoms with Crippen LogP contribution in [0.4, 0.5) is 11.6 Å². The van der Waals surface area contributed by atoms with E-state index in [2.05, 4.69) is 29.2 Å². The first-order valence-electron chi connectivity index (χ1n) is 6.79. The SMILES string of the molecule is CCNc1cccc(N(C)CCOCC2CC2)n1. The molecule has 0 aromatic carbocycles. The number of hydrogen-bond acceptors (Lipinski definition) is 4. The number of anilines is 2. The van der Waals surface area contributed by atoms with Crippen molar-refractivity contribution in [3.05, 3.63) is 18.2 Å². The van der Waals surface area contributed by atoms with Gasteiger partial charge in [-0.1, -0.05) is 6.07 Å². The average Bonchev–Trinajstić information content (AvgIpc) is 3.19. The van der Waals surface area contributed by atoms with Crippen LogP contribution in [0.25, 0.3) is 0 Å². The van der Waals surface area contributed by atoms with Crippen molar-refractivity contribution in [1.29, 1.82) is 0 Å². The van der Waals surface area contributed by atoms with E-state index in [1.54, 1.807) is 0 Å². The van der Waals surface area contributed by atoms with Crippen LogP contribution < -0.4 is 10.2 Å². The Morgan fingerprint density at radius 1 is 1.44 bits per heavy atom. The molecule has 4 heteroatoms. The second-order valence-corrected chi connectivity index (χ2v) is 4.85. The van der Waals surface area contributed by atoms with Gasteiger partial charge >= 0.3 is 0 Å². The molecule has 0 spiro atoms. The van der Waals surface area contributed by atoms with E-state index in [1.807, 2.05) is 18.2 Å². The molecule has 0 amide bonds. The lowest BCUT2D eigenvalue weighted by atomic mass is 10.4. The third-order valence-corrected chi connectivity index (χ3v) is 3.10. The predicted octanol–water partition coefficient (Wildman–Crippen LogP) is 2.38. The molecule has 1 saturated carbocycles. The zero-order valence-corrected chi connectivity index (χ0v) is 11.4. The largest absolute Gasteiger partial charge is 0.379 e. The van der Waals surface area contributed by atoms with E-state index < -0.39 is 0 Å². The molecule has 100 valence electrons. The highest BCUT2D eigenvalue weighted by Gasteiger charge is 2.20. The van der Waals surface area contributed by atoms with E-state index in [9.17, 15) is 0 Å². The summed E-state index contributed by atoms with van der Waals surface area (Å²) in [5, 5.41) is 3.22. The normalized spacial score (nSPS) is 14.6. The Kier molecular flexibility index (Phi) is 4.81. The Morgan fingerprint density at radius 2 is 2.28 bits per heavy atom. The Hall–Kier alpha value is -1.29. The minimum absolute atomic E-state index is 0.778. The number of aromatic nitrogens is 1. The molecule has 0 saturated heterocycles. The van der Waals surface area contributed by atoms with E-state index in [0.29, 0.717) is 0 Å². The fourth-order valence-corrected chi connectivity index (χ4v) is 1.77. The topological polar surface area (TPSA) is 37.4 Å². The van der Waals surface area contributed by atoms with Gasteiger partial charge in [-0.25, -0.2) is 4.98 Å². The van der Waals surface area contributed by atoms with Crippen LogP contribution in [0.15, 0.2) is 18.2 Å². The molecule has 1 fully saturated rings. The average molecular weight is 249 g/mol. The summed E-state index contributed by atoms with van der Waals surface area (Å²) in [4.78, 5) is 6.68. The molecule has 1 heterocycles. The monoisotopic (exact) mass is 249 g/mol. The second-order valence-electron chi connectivity index (χ2n) is 4.85. The van der Waals surface area contributed by atoms with Gasteiger partial charge in [0.2, 0.25) is 0 Å². The van der Waals surface area contributed by atoms with E-state index in [0.717, 1.165) is 43.9 Å². The van der Waals surface area contributed by atoms with Crippen LogP contribution in [0.1, 0.15) is 19.8 Å². The van der Waals surface area contributed by atoms with Crippen molar-refractivity contribution in [2.24, 2.45) is 5.92 Å². The van der Waals surface area contributed by atoms with Gasteiger partial charge in [-0.2, -0.15) is 0 Å². The van der Waals surface area contributed by atoms with Crippen LogP contribution in [0, 0.1) is 5.92 Å². The molecule has 1 N–H and O–H groups in total. The van der Waals surface area contributed by atoms with Crippen LogP contribution in [-0.2, 0) is 4.74 Å². The van der Waals surface area contributed by atoms with E-state index in [1.165, 1.54) is 12.8 Å². The Morgan fingerprint density at radius 3 is 3.00 bits per heavy atom. The van der Waals surface area contributed by atoms with Crippen molar-refractivity contribution in [3.63, 3.8) is 0 Å². The van der Waals surface area contributed by atoms with Crippen molar-refractivity contribution in [2.45, 2.75) is 19.8 Å². The molecule has 0 radical (unpaired) electrons. The molecule has 0 atom stereocenters. The van der Waals surface area contributed by atoms with E-state index in [4.69, 9.17) is 4.74 Å². The third kappa shape index (κ3) is 4.18. The van der Waals surface area contributed by atoms with Gasteiger partial charge in [0.15, 0.2) is 0 Å². The summed E-state index contributed by atoms with van der Waals surface area (Å²) in [6.45, 7) is 5.56. The number of pyridine rings is 1. The van der Waals surface area contributed by atoms with Gasteiger partial charge in [0.05, 0.1) is 6.61 Å². The van der Waals surface area contributed by atoms with Gasteiger partial charge in [0, 0.05) is 26.7 Å². The summed E-state index contributed by atoms with van der Waals surface area (Å²) in [5.41, 5.74) is 0. The first-order chi connectivity index (χ1) is 8.79. The van der Waals surface area contributed by atoms with Crippen molar-refractivity contribution in [3.8, 4) is 0 Å². The molecule has 1 aromatic rings. The summed E-state index contributed by atoms with van der Waals surface area (Å²) < 4.78 is 5.64. The van der Waals surface area contributed by atoms with Gasteiger partial charge in [-0.15, -0.1) is 0 Å². The molecule has 1 aromatic heterocycles. The maximum absolute atomic E-state index is 5.64. The first kappa shape index (κ1) is 13.1. The van der Waals surface area contributed by atoms with Crippen LogP contribution >= 0.6 is 0 Å². The van der Waals surface area contributed by atoms with E-state index in [-0.39, 0.29) is 0 Å². The van der Waals surface area contributed by atoms with Crippen LogP contribution in [0.3, 0.4) is 0 Å². The summed E-state index contributed by atoms with van der Waals surface area (Å²) in [7, 11) is 2.05. The Labute approximate surface area is 109 Å². The van der Waals surface area contributed by atoms with Crippen molar-refractivity contribution in [1.82, 2.24) is 4.98 Å². The Balaban J connectivity index is 1.75. The van der Waals surface area contributed by atoms with Gasteiger partial charge in [0.1, 0.15) is 11.6 Å². The number of rotatable bonds is 8. The Bertz CT molecular complexity index is 366. The smallest absolute Gasteiger partial charge is 0.130 e. The van der Waals surface area contributed by atoms with Crippen LogP contribution in [0.2, 0.25) is 0 Å². The molecule has 0 unspecified atom stereocenters. The molecule has 1 aliphatic carbocycles. The van der Waals surface area contributed by atoms with Gasteiger partial charge in [0.25, 0.3) is 0 Å². The van der Waals surface area contributed by atoms with Crippen LogP contribution in [-0.4, -0.2) is 38.3 Å². The molecule has 0 aliphatic heterocycles. The predicted molar refractivity (Wildman–Crippen MR) is 75.2 cm³/mol. The second kappa shape index (κ2) is 6.59. The summed E-state index contributed by atoms with van der Waals surface area (Å²) >= 11 is 0. The maximum Gasteiger partial charge on any atom is 0.130 e. The molecule has 18 heavy (non-hydrogen) atoms. The molecular weight excluding hydrogens is 226 g/mol. The van der Waals surface area contributed by atoms with Gasteiger partial charge in [-0.05, 0) is 37.8 Å². The first-order valence-corrected chi connectivity index (χ1v) is 6.79. The zero-order chi connectivity index (χ0) is 12.8. The van der Waals surface area contributed by atoms with Crippen molar-refractivity contribution < 1.29 is 4.74 Å². The molecule has 0 bridgehead atoms. The standard InChI is InChI=1S/C14H23N3O/c1-3-15-13-5-4-6-14(16-13)17(2)9-10-18-11-12-7-8-12/h4-6,12H,3,7-11H2,1-2H3,(H,15,16). The lowest BCUT2D eigenvalue weighted by Crippen LogP contribution is -2.24. The number of ether oxygens (including phenoxy) is 1. The minimum atomic E-state index is 0.778. The number of nitrogens with zero attached hydrogens (tertiary/aromatic N) is 2. The summed E-state index contributed by atoms with van der Waals surface area (Å²) in [6.07, 6.45) is 2.70. The number of nitrogens with one attached hydrogen (secondary N) is 1. The summed E-state index contributed by atoms with van der Waals surface area (Å²) in [6, 6.07) is 6.05. The third-order valence-electron chi connectivity index (χ3n) is 3.10. The van der Waals surface area contributed by atoms with Gasteiger partial charge < -0.3 is 15.0 Å². The lowest BCUT2D eigenvalue weighted by molar-refractivity contribution is 0.131. The van der Waals surface area contributed by atoms with Crippen LogP contribution in [0.5, 0.6) is 0 Å². The van der Waals surface area contributed by atoms with E-state index >= 15 is 0 Å². The fourth-order valence-electron chi connectivity index (χ4n) is 1.77. The highest BCUT2D eigenvalue weighted by molar-refractivity contribution is 5.46. The quantitative estimate of drug-likeness (QED) is 0.718. The molecule has 2 rings (SSSR count). The zero-order valence-electron chi connectivity index (χ0n) is 11.4. The fraction of sp³-hybridized carbons (Fsp3) is 0.643. The highest BCUT2D eigenvalue weighted by atomic mass is 16.5. The summed E-state index contributed by atoms with van der Waals surface area (Å²) in [5.74, 6) is 2.76. The minimum Gasteiger partial charge on any atom is -0.379 e. The molecular formula is C14H23N3O. The number of hydrogen-bond donors (Lipinski definition) is 1. The molecule has 4 nitrogen and oxygen atoms in total.